The van der Waals surface area contributed by atoms with Gasteiger partial charge in [0.15, 0.2) is 5.58 Å². The van der Waals surface area contributed by atoms with Gasteiger partial charge in [-0.2, -0.15) is 0 Å². The van der Waals surface area contributed by atoms with Crippen LogP contribution in [0.4, 0.5) is 0 Å². The number of fused-ring (bicyclic) bond motifs is 1. The van der Waals surface area contributed by atoms with Gasteiger partial charge in [-0.15, -0.1) is 11.6 Å². The average molecular weight is 420 g/mol. The normalized spacial score (nSPS) is 12.8. The molecular formula is C14H8Cl2INO2. The number of rotatable bonds is 2. The molecule has 1 unspecified atom stereocenters. The third-order valence-corrected chi connectivity index (χ3v) is 4.67. The van der Waals surface area contributed by atoms with Crippen molar-refractivity contribution in [2.24, 2.45) is 0 Å². The molecule has 0 saturated carbocycles. The van der Waals surface area contributed by atoms with Gasteiger partial charge in [0.2, 0.25) is 0 Å². The van der Waals surface area contributed by atoms with E-state index in [-0.39, 0.29) is 5.38 Å². The lowest BCUT2D eigenvalue weighted by Crippen LogP contribution is -1.96. The van der Waals surface area contributed by atoms with E-state index in [1.165, 1.54) is 0 Å². The molecular weight excluding hydrogens is 412 g/mol. The first-order valence-electron chi connectivity index (χ1n) is 5.76. The topological polar surface area (TPSA) is 46.0 Å². The molecule has 0 fully saturated rings. The lowest BCUT2D eigenvalue weighted by molar-refractivity contribution is 0.555. The van der Waals surface area contributed by atoms with E-state index < -0.39 is 5.76 Å². The number of hydrogen-bond acceptors (Lipinski definition) is 2. The monoisotopic (exact) mass is 419 g/mol. The fraction of sp³-hybridized carbons (Fsp3) is 0.0714. The van der Waals surface area contributed by atoms with E-state index in [9.17, 15) is 4.79 Å². The van der Waals surface area contributed by atoms with Crippen LogP contribution in [0.5, 0.6) is 0 Å². The summed E-state index contributed by atoms with van der Waals surface area (Å²) >= 11 is 14.8. The molecule has 1 aromatic heterocycles. The van der Waals surface area contributed by atoms with E-state index in [0.29, 0.717) is 16.1 Å². The molecule has 0 radical (unpaired) electrons. The highest BCUT2D eigenvalue weighted by atomic mass is 127. The molecule has 0 aliphatic carbocycles. The molecule has 0 bridgehead atoms. The summed E-state index contributed by atoms with van der Waals surface area (Å²) in [4.78, 5) is 13.8. The van der Waals surface area contributed by atoms with Crippen LogP contribution >= 0.6 is 45.8 Å². The third-order valence-electron chi connectivity index (χ3n) is 2.97. The van der Waals surface area contributed by atoms with Gasteiger partial charge in [0.25, 0.3) is 0 Å². The maximum absolute atomic E-state index is 11.2. The van der Waals surface area contributed by atoms with Crippen molar-refractivity contribution in [1.82, 2.24) is 4.98 Å². The molecule has 0 aliphatic heterocycles. The van der Waals surface area contributed by atoms with E-state index in [1.54, 1.807) is 12.1 Å². The summed E-state index contributed by atoms with van der Waals surface area (Å²) in [5.41, 5.74) is 2.93. The summed E-state index contributed by atoms with van der Waals surface area (Å²) in [6.07, 6.45) is 0. The van der Waals surface area contributed by atoms with E-state index >= 15 is 0 Å². The van der Waals surface area contributed by atoms with Crippen LogP contribution in [0.15, 0.2) is 45.6 Å². The molecule has 20 heavy (non-hydrogen) atoms. The van der Waals surface area contributed by atoms with Gasteiger partial charge in [-0.05, 0) is 64.0 Å². The van der Waals surface area contributed by atoms with E-state index in [1.807, 2.05) is 24.3 Å². The molecule has 3 rings (SSSR count). The zero-order chi connectivity index (χ0) is 14.3. The van der Waals surface area contributed by atoms with Crippen molar-refractivity contribution in [3.05, 3.63) is 66.7 Å². The minimum atomic E-state index is -0.472. The van der Waals surface area contributed by atoms with Crippen LogP contribution in [0.2, 0.25) is 5.02 Å². The third kappa shape index (κ3) is 2.60. The van der Waals surface area contributed by atoms with Gasteiger partial charge in [0, 0.05) is 8.59 Å². The maximum Gasteiger partial charge on any atom is 0.417 e. The van der Waals surface area contributed by atoms with Crippen LogP contribution in [-0.4, -0.2) is 4.98 Å². The van der Waals surface area contributed by atoms with Gasteiger partial charge in [-0.3, -0.25) is 4.98 Å². The molecule has 1 N–H and O–H groups in total. The molecule has 102 valence electrons. The first-order chi connectivity index (χ1) is 9.54. The highest BCUT2D eigenvalue weighted by molar-refractivity contribution is 14.1. The Morgan fingerprint density at radius 2 is 2.00 bits per heavy atom. The summed E-state index contributed by atoms with van der Waals surface area (Å²) in [7, 11) is 0. The van der Waals surface area contributed by atoms with Crippen molar-refractivity contribution in [2.45, 2.75) is 5.38 Å². The van der Waals surface area contributed by atoms with Crippen LogP contribution in [0.3, 0.4) is 0 Å². The minimum Gasteiger partial charge on any atom is -0.408 e. The predicted molar refractivity (Wildman–Crippen MR) is 88.7 cm³/mol. The van der Waals surface area contributed by atoms with Crippen molar-refractivity contribution < 1.29 is 4.42 Å². The van der Waals surface area contributed by atoms with Crippen LogP contribution in [0, 0.1) is 3.57 Å². The van der Waals surface area contributed by atoms with Crippen molar-refractivity contribution >= 4 is 56.9 Å². The number of aromatic nitrogens is 1. The molecule has 1 atom stereocenters. The van der Waals surface area contributed by atoms with Crippen molar-refractivity contribution in [3.8, 4) is 0 Å². The molecule has 0 saturated heterocycles. The highest BCUT2D eigenvalue weighted by Gasteiger charge is 2.16. The van der Waals surface area contributed by atoms with Crippen molar-refractivity contribution in [3.63, 3.8) is 0 Å². The number of benzene rings is 2. The minimum absolute atomic E-state index is 0.356. The molecule has 2 aromatic carbocycles. The van der Waals surface area contributed by atoms with E-state index in [0.717, 1.165) is 14.7 Å². The predicted octanol–water partition coefficient (Wildman–Crippen LogP) is 4.71. The van der Waals surface area contributed by atoms with Crippen molar-refractivity contribution in [2.75, 3.05) is 0 Å². The Hall–Kier alpha value is -0.980. The number of halogens is 3. The first kappa shape index (κ1) is 14.0. The smallest absolute Gasteiger partial charge is 0.408 e. The summed E-state index contributed by atoms with van der Waals surface area (Å²) in [5, 5.41) is 0.283. The molecule has 1 heterocycles. The second-order valence-electron chi connectivity index (χ2n) is 4.30. The Labute approximate surface area is 138 Å². The Balaban J connectivity index is 2.09. The maximum atomic E-state index is 11.2. The number of nitrogens with one attached hydrogen (secondary N) is 1. The quantitative estimate of drug-likeness (QED) is 0.483. The van der Waals surface area contributed by atoms with Crippen molar-refractivity contribution in [1.29, 1.82) is 0 Å². The lowest BCUT2D eigenvalue weighted by atomic mass is 10.0. The Bertz CT molecular complexity index is 841. The fourth-order valence-corrected chi connectivity index (χ4v) is 3.34. The standard InChI is InChI=1S/C14H8Cl2INO2/c15-8-2-3-10(17)9(6-8)13(16)7-1-4-11-12(5-7)20-14(19)18-11/h1-6,13H,(H,18,19). The van der Waals surface area contributed by atoms with Crippen LogP contribution in [-0.2, 0) is 0 Å². The van der Waals surface area contributed by atoms with Crippen LogP contribution in [0.25, 0.3) is 11.1 Å². The number of H-pyrrole nitrogens is 1. The number of alkyl halides is 1. The van der Waals surface area contributed by atoms with Gasteiger partial charge < -0.3 is 4.42 Å². The second-order valence-corrected chi connectivity index (χ2v) is 6.33. The molecule has 3 nitrogen and oxygen atoms in total. The Kier molecular flexibility index (Phi) is 3.79. The van der Waals surface area contributed by atoms with Gasteiger partial charge >= 0.3 is 5.76 Å². The highest BCUT2D eigenvalue weighted by Crippen LogP contribution is 2.34. The largest absolute Gasteiger partial charge is 0.417 e. The van der Waals surface area contributed by atoms with Gasteiger partial charge in [0.05, 0.1) is 10.9 Å². The summed E-state index contributed by atoms with van der Waals surface area (Å²) in [5.74, 6) is -0.472. The second kappa shape index (κ2) is 5.42. The zero-order valence-corrected chi connectivity index (χ0v) is 13.7. The van der Waals surface area contributed by atoms with Crippen LogP contribution in [0.1, 0.15) is 16.5 Å². The number of oxazole rings is 1. The molecule has 0 aliphatic rings. The SMILES string of the molecule is O=c1[nH]c2ccc(C(Cl)c3cc(Cl)ccc3I)cc2o1. The van der Waals surface area contributed by atoms with E-state index in [4.69, 9.17) is 27.6 Å². The average Bonchev–Trinajstić information content (AvgIpc) is 2.79. The Morgan fingerprint density at radius 3 is 2.80 bits per heavy atom. The van der Waals surface area contributed by atoms with Gasteiger partial charge in [-0.1, -0.05) is 17.7 Å². The number of hydrogen-bond donors (Lipinski definition) is 1. The Morgan fingerprint density at radius 1 is 1.20 bits per heavy atom. The molecule has 6 heteroatoms. The summed E-state index contributed by atoms with van der Waals surface area (Å²) in [6.45, 7) is 0. The summed E-state index contributed by atoms with van der Waals surface area (Å²) in [6, 6.07) is 11.0. The first-order valence-corrected chi connectivity index (χ1v) is 7.66. The van der Waals surface area contributed by atoms with E-state index in [2.05, 4.69) is 27.6 Å². The van der Waals surface area contributed by atoms with Gasteiger partial charge in [0.1, 0.15) is 0 Å². The molecule has 0 amide bonds. The lowest BCUT2D eigenvalue weighted by Gasteiger charge is -2.12. The summed E-state index contributed by atoms with van der Waals surface area (Å²) < 4.78 is 6.08. The molecule has 3 aromatic rings. The molecule has 0 spiro atoms. The fourth-order valence-electron chi connectivity index (χ4n) is 2.01. The zero-order valence-electron chi connectivity index (χ0n) is 9.99. The van der Waals surface area contributed by atoms with Crippen LogP contribution < -0.4 is 5.76 Å². The number of aromatic amines is 1. The van der Waals surface area contributed by atoms with Gasteiger partial charge in [-0.25, -0.2) is 4.79 Å².